The standard InChI is InChI=1S/C20H18N4O2S3/c1-24-10-9-21-20(24)29-11-14-5-8-17(26-14)18(25)23-19-22-16(12-28-19)13-3-6-15(27-2)7-4-13/h3-10,12H,11H2,1-2H3,(H,22,23,25). The van der Waals surface area contributed by atoms with E-state index in [1.807, 2.05) is 47.6 Å². The van der Waals surface area contributed by atoms with Gasteiger partial charge in [-0.25, -0.2) is 9.97 Å². The number of imidazole rings is 1. The van der Waals surface area contributed by atoms with E-state index >= 15 is 0 Å². The highest BCUT2D eigenvalue weighted by Crippen LogP contribution is 2.27. The molecular weight excluding hydrogens is 424 g/mol. The number of furan rings is 1. The summed E-state index contributed by atoms with van der Waals surface area (Å²) in [6.07, 6.45) is 5.69. The zero-order valence-electron chi connectivity index (χ0n) is 15.8. The summed E-state index contributed by atoms with van der Waals surface area (Å²) in [4.78, 5) is 22.5. The number of benzene rings is 1. The van der Waals surface area contributed by atoms with Crippen LogP contribution in [0.2, 0.25) is 0 Å². The average molecular weight is 443 g/mol. The molecule has 6 nitrogen and oxygen atoms in total. The number of anilines is 1. The maximum absolute atomic E-state index is 12.5. The molecule has 0 unspecified atom stereocenters. The van der Waals surface area contributed by atoms with Crippen molar-refractivity contribution in [3.05, 3.63) is 65.7 Å². The second-order valence-corrected chi connectivity index (χ2v) is 8.78. The van der Waals surface area contributed by atoms with Gasteiger partial charge in [-0.05, 0) is 30.5 Å². The van der Waals surface area contributed by atoms with Crippen LogP contribution in [0.25, 0.3) is 11.3 Å². The van der Waals surface area contributed by atoms with Crippen LogP contribution in [0.15, 0.2) is 68.6 Å². The number of nitrogens with one attached hydrogen (secondary N) is 1. The van der Waals surface area contributed by atoms with Gasteiger partial charge in [-0.2, -0.15) is 0 Å². The van der Waals surface area contributed by atoms with E-state index in [0.29, 0.717) is 10.9 Å². The first-order chi connectivity index (χ1) is 14.1. The summed E-state index contributed by atoms with van der Waals surface area (Å²) in [5, 5.41) is 6.18. The third-order valence-corrected chi connectivity index (χ3v) is 6.70. The lowest BCUT2D eigenvalue weighted by Gasteiger charge is -2.00. The van der Waals surface area contributed by atoms with Crippen LogP contribution in [-0.4, -0.2) is 26.7 Å². The van der Waals surface area contributed by atoms with Gasteiger partial charge < -0.3 is 8.98 Å². The SMILES string of the molecule is CSc1ccc(-c2csc(NC(=O)c3ccc(CSc4nccn4C)o3)n2)cc1. The van der Waals surface area contributed by atoms with E-state index in [1.165, 1.54) is 16.2 Å². The zero-order valence-corrected chi connectivity index (χ0v) is 18.2. The predicted molar refractivity (Wildman–Crippen MR) is 119 cm³/mol. The van der Waals surface area contributed by atoms with Gasteiger partial charge in [-0.15, -0.1) is 23.1 Å². The summed E-state index contributed by atoms with van der Waals surface area (Å²) < 4.78 is 7.62. The molecule has 0 bridgehead atoms. The molecule has 1 aromatic carbocycles. The van der Waals surface area contributed by atoms with Crippen molar-refractivity contribution in [2.75, 3.05) is 11.6 Å². The summed E-state index contributed by atoms with van der Waals surface area (Å²) in [5.41, 5.74) is 1.86. The number of carbonyl (C=O) groups is 1. The normalized spacial score (nSPS) is 11.0. The number of hydrogen-bond acceptors (Lipinski definition) is 7. The number of thiazole rings is 1. The maximum atomic E-state index is 12.5. The Kier molecular flexibility index (Phi) is 6.08. The van der Waals surface area contributed by atoms with Gasteiger partial charge in [0.05, 0.1) is 11.4 Å². The Bertz CT molecular complexity index is 1110. The zero-order chi connectivity index (χ0) is 20.2. The molecule has 0 saturated carbocycles. The first-order valence-corrected chi connectivity index (χ1v) is 11.8. The minimum absolute atomic E-state index is 0.265. The lowest BCUT2D eigenvalue weighted by Crippen LogP contribution is -2.10. The van der Waals surface area contributed by atoms with Gasteiger partial charge in [0.15, 0.2) is 16.0 Å². The van der Waals surface area contributed by atoms with E-state index in [1.54, 1.807) is 35.8 Å². The van der Waals surface area contributed by atoms with Crippen molar-refractivity contribution < 1.29 is 9.21 Å². The van der Waals surface area contributed by atoms with Gasteiger partial charge in [0.25, 0.3) is 5.91 Å². The molecule has 0 radical (unpaired) electrons. The van der Waals surface area contributed by atoms with Gasteiger partial charge in [0.2, 0.25) is 0 Å². The summed E-state index contributed by atoms with van der Waals surface area (Å²) in [5.74, 6) is 1.28. The van der Waals surface area contributed by atoms with Crippen molar-refractivity contribution in [3.63, 3.8) is 0 Å². The lowest BCUT2D eigenvalue weighted by molar-refractivity contribution is 0.0995. The van der Waals surface area contributed by atoms with Crippen molar-refractivity contribution in [1.29, 1.82) is 0 Å². The molecule has 0 fully saturated rings. The quantitative estimate of drug-likeness (QED) is 0.386. The topological polar surface area (TPSA) is 73.0 Å². The predicted octanol–water partition coefficient (Wildman–Crippen LogP) is 5.40. The Morgan fingerprint density at radius 2 is 2.07 bits per heavy atom. The van der Waals surface area contributed by atoms with Gasteiger partial charge in [-0.1, -0.05) is 23.9 Å². The molecule has 3 aromatic heterocycles. The molecule has 1 N–H and O–H groups in total. The number of nitrogens with zero attached hydrogens (tertiary/aromatic N) is 3. The van der Waals surface area contributed by atoms with Gasteiger partial charge in [-0.3, -0.25) is 10.1 Å². The van der Waals surface area contributed by atoms with E-state index in [9.17, 15) is 4.79 Å². The lowest BCUT2D eigenvalue weighted by atomic mass is 10.2. The first kappa shape index (κ1) is 19.8. The molecule has 4 aromatic rings. The first-order valence-electron chi connectivity index (χ1n) is 8.72. The molecule has 1 amide bonds. The van der Waals surface area contributed by atoms with Crippen LogP contribution in [0, 0.1) is 0 Å². The molecular formula is C20H18N4O2S3. The molecule has 3 heterocycles. The van der Waals surface area contributed by atoms with E-state index in [4.69, 9.17) is 4.42 Å². The van der Waals surface area contributed by atoms with Crippen LogP contribution in [-0.2, 0) is 12.8 Å². The van der Waals surface area contributed by atoms with Gasteiger partial charge in [0, 0.05) is 35.3 Å². The third kappa shape index (κ3) is 4.75. The smallest absolute Gasteiger partial charge is 0.293 e. The van der Waals surface area contributed by atoms with Crippen molar-refractivity contribution >= 4 is 45.9 Å². The largest absolute Gasteiger partial charge is 0.455 e. The Labute approximate surface area is 180 Å². The average Bonchev–Trinajstić information content (AvgIpc) is 3.48. The highest BCUT2D eigenvalue weighted by molar-refractivity contribution is 7.98. The molecule has 29 heavy (non-hydrogen) atoms. The molecule has 0 aliphatic heterocycles. The van der Waals surface area contributed by atoms with Gasteiger partial charge in [0.1, 0.15) is 5.76 Å². The maximum Gasteiger partial charge on any atom is 0.293 e. The number of thioether (sulfide) groups is 2. The van der Waals surface area contributed by atoms with Crippen LogP contribution in [0.4, 0.5) is 5.13 Å². The Hall–Kier alpha value is -2.49. The van der Waals surface area contributed by atoms with Crippen LogP contribution < -0.4 is 5.32 Å². The number of carbonyl (C=O) groups excluding carboxylic acids is 1. The Balaban J connectivity index is 1.37. The molecule has 0 spiro atoms. The molecule has 0 atom stereocenters. The number of rotatable bonds is 7. The monoisotopic (exact) mass is 442 g/mol. The molecule has 9 heteroatoms. The van der Waals surface area contributed by atoms with Crippen LogP contribution in [0.1, 0.15) is 16.3 Å². The minimum atomic E-state index is -0.308. The van der Waals surface area contributed by atoms with E-state index in [2.05, 4.69) is 27.4 Å². The summed E-state index contributed by atoms with van der Waals surface area (Å²) >= 11 is 4.64. The fraction of sp³-hybridized carbons (Fsp3) is 0.150. The summed E-state index contributed by atoms with van der Waals surface area (Å²) in [6.45, 7) is 0. The van der Waals surface area contributed by atoms with Crippen molar-refractivity contribution in [3.8, 4) is 11.3 Å². The van der Waals surface area contributed by atoms with Gasteiger partial charge >= 0.3 is 0 Å². The Morgan fingerprint density at radius 1 is 1.24 bits per heavy atom. The number of amides is 1. The summed E-state index contributed by atoms with van der Waals surface area (Å²) in [6, 6.07) is 11.7. The highest BCUT2D eigenvalue weighted by atomic mass is 32.2. The van der Waals surface area contributed by atoms with E-state index in [0.717, 1.165) is 22.2 Å². The second kappa shape index (κ2) is 8.89. The molecule has 0 saturated heterocycles. The number of aromatic nitrogens is 3. The third-order valence-electron chi connectivity index (χ3n) is 4.12. The van der Waals surface area contributed by atoms with E-state index in [-0.39, 0.29) is 11.7 Å². The number of hydrogen-bond donors (Lipinski definition) is 1. The van der Waals surface area contributed by atoms with Crippen LogP contribution in [0.3, 0.4) is 0 Å². The highest BCUT2D eigenvalue weighted by Gasteiger charge is 2.14. The molecule has 0 aliphatic rings. The van der Waals surface area contributed by atoms with Crippen molar-refractivity contribution in [2.45, 2.75) is 15.8 Å². The van der Waals surface area contributed by atoms with Crippen LogP contribution >= 0.6 is 34.9 Å². The molecule has 148 valence electrons. The molecule has 4 rings (SSSR count). The molecule has 0 aliphatic carbocycles. The second-order valence-electron chi connectivity index (χ2n) is 6.10. The van der Waals surface area contributed by atoms with Crippen molar-refractivity contribution in [1.82, 2.24) is 14.5 Å². The summed E-state index contributed by atoms with van der Waals surface area (Å²) in [7, 11) is 1.94. The fourth-order valence-corrected chi connectivity index (χ4v) is 4.54. The minimum Gasteiger partial charge on any atom is -0.455 e. The van der Waals surface area contributed by atoms with Crippen LogP contribution in [0.5, 0.6) is 0 Å². The fourth-order valence-electron chi connectivity index (χ4n) is 2.59. The van der Waals surface area contributed by atoms with Crippen molar-refractivity contribution in [2.24, 2.45) is 7.05 Å². The number of aryl methyl sites for hydroxylation is 1. The van der Waals surface area contributed by atoms with E-state index < -0.39 is 0 Å². The Morgan fingerprint density at radius 3 is 2.79 bits per heavy atom.